The van der Waals surface area contributed by atoms with Crippen LogP contribution in [0.15, 0.2) is 0 Å². The average molecular weight is 171 g/mol. The van der Waals surface area contributed by atoms with E-state index in [1.54, 1.807) is 0 Å². The van der Waals surface area contributed by atoms with Gasteiger partial charge in [0, 0.05) is 25.4 Å². The fraction of sp³-hybridized carbons (Fsp3) is 0.889. The van der Waals surface area contributed by atoms with Gasteiger partial charge in [-0.05, 0) is 19.3 Å². The predicted octanol–water partition coefficient (Wildman–Crippen LogP) is 1.46. The summed E-state index contributed by atoms with van der Waals surface area (Å²) < 4.78 is 0. The molecule has 70 valence electrons. The highest BCUT2D eigenvalue weighted by molar-refractivity contribution is 5.80. The number of ketones is 1. The van der Waals surface area contributed by atoms with Crippen molar-refractivity contribution in [3.05, 3.63) is 0 Å². The lowest BCUT2D eigenvalue weighted by molar-refractivity contribution is -0.134. The molecular formula is C9H17NO2. The van der Waals surface area contributed by atoms with Crippen LogP contribution in [0.3, 0.4) is 0 Å². The van der Waals surface area contributed by atoms with Crippen LogP contribution in [-0.2, 0) is 4.79 Å². The second-order valence-electron chi connectivity index (χ2n) is 3.44. The van der Waals surface area contributed by atoms with Crippen molar-refractivity contribution in [3.8, 4) is 0 Å². The third-order valence-corrected chi connectivity index (χ3v) is 2.42. The van der Waals surface area contributed by atoms with Crippen LogP contribution in [0, 0.1) is 5.92 Å². The number of rotatable bonds is 3. The smallest absolute Gasteiger partial charge is 0.136 e. The SMILES string of the molecule is CCCC(=O)C1CCN(O)CC1. The van der Waals surface area contributed by atoms with Crippen LogP contribution >= 0.6 is 0 Å². The summed E-state index contributed by atoms with van der Waals surface area (Å²) in [7, 11) is 0. The Bertz CT molecular complexity index is 151. The highest BCUT2D eigenvalue weighted by atomic mass is 16.5. The summed E-state index contributed by atoms with van der Waals surface area (Å²) >= 11 is 0. The van der Waals surface area contributed by atoms with Gasteiger partial charge in [0.2, 0.25) is 0 Å². The number of carbonyl (C=O) groups excluding carboxylic acids is 1. The number of hydrogen-bond donors (Lipinski definition) is 1. The average Bonchev–Trinajstić information content (AvgIpc) is 2.06. The third kappa shape index (κ3) is 2.57. The Morgan fingerprint density at radius 2 is 2.08 bits per heavy atom. The largest absolute Gasteiger partial charge is 0.314 e. The highest BCUT2D eigenvalue weighted by Crippen LogP contribution is 2.18. The summed E-state index contributed by atoms with van der Waals surface area (Å²) in [5.74, 6) is 0.596. The zero-order valence-electron chi connectivity index (χ0n) is 7.62. The standard InChI is InChI=1S/C9H17NO2/c1-2-3-9(11)8-4-6-10(12)7-5-8/h8,12H,2-7H2,1H3. The maximum Gasteiger partial charge on any atom is 0.136 e. The third-order valence-electron chi connectivity index (χ3n) is 2.42. The van der Waals surface area contributed by atoms with Crippen molar-refractivity contribution in [2.45, 2.75) is 32.6 Å². The van der Waals surface area contributed by atoms with Crippen LogP contribution in [0.2, 0.25) is 0 Å². The van der Waals surface area contributed by atoms with Gasteiger partial charge >= 0.3 is 0 Å². The molecule has 0 aromatic heterocycles. The van der Waals surface area contributed by atoms with E-state index in [0.29, 0.717) is 25.3 Å². The van der Waals surface area contributed by atoms with Gasteiger partial charge in [0.15, 0.2) is 0 Å². The number of carbonyl (C=O) groups is 1. The van der Waals surface area contributed by atoms with Crippen LogP contribution in [-0.4, -0.2) is 29.1 Å². The Kier molecular flexibility index (Phi) is 3.69. The van der Waals surface area contributed by atoms with Crippen molar-refractivity contribution < 1.29 is 10.0 Å². The molecular weight excluding hydrogens is 154 g/mol. The lowest BCUT2D eigenvalue weighted by atomic mass is 9.91. The number of Topliss-reactive ketones (excluding diaryl/α,β-unsaturated/α-hetero) is 1. The van der Waals surface area contributed by atoms with Gasteiger partial charge in [-0.1, -0.05) is 6.92 Å². The molecule has 3 heteroatoms. The molecule has 3 nitrogen and oxygen atoms in total. The number of nitrogens with zero attached hydrogens (tertiary/aromatic N) is 1. The summed E-state index contributed by atoms with van der Waals surface area (Å²) in [5.41, 5.74) is 0. The topological polar surface area (TPSA) is 40.5 Å². The molecule has 1 saturated heterocycles. The maximum atomic E-state index is 11.4. The van der Waals surface area contributed by atoms with Crippen molar-refractivity contribution in [2.24, 2.45) is 5.92 Å². The fourth-order valence-electron chi connectivity index (χ4n) is 1.64. The quantitative estimate of drug-likeness (QED) is 0.698. The Morgan fingerprint density at radius 1 is 1.50 bits per heavy atom. The van der Waals surface area contributed by atoms with E-state index in [1.807, 2.05) is 6.92 Å². The van der Waals surface area contributed by atoms with Gasteiger partial charge in [-0.3, -0.25) is 4.79 Å². The number of hydrogen-bond acceptors (Lipinski definition) is 3. The van der Waals surface area contributed by atoms with Crippen LogP contribution < -0.4 is 0 Å². The van der Waals surface area contributed by atoms with Gasteiger partial charge in [0.05, 0.1) is 0 Å². The normalized spacial score (nSPS) is 21.2. The van der Waals surface area contributed by atoms with Crippen LogP contribution in [0.1, 0.15) is 32.6 Å². The second-order valence-corrected chi connectivity index (χ2v) is 3.44. The molecule has 0 spiro atoms. The monoisotopic (exact) mass is 171 g/mol. The van der Waals surface area contributed by atoms with Crippen LogP contribution in [0.25, 0.3) is 0 Å². The predicted molar refractivity (Wildman–Crippen MR) is 46.0 cm³/mol. The Hall–Kier alpha value is -0.410. The van der Waals surface area contributed by atoms with E-state index in [2.05, 4.69) is 0 Å². The van der Waals surface area contributed by atoms with Crippen molar-refractivity contribution >= 4 is 5.78 Å². The Morgan fingerprint density at radius 3 is 2.58 bits per heavy atom. The van der Waals surface area contributed by atoms with Gasteiger partial charge in [0.1, 0.15) is 5.78 Å². The minimum absolute atomic E-state index is 0.216. The molecule has 0 unspecified atom stereocenters. The van der Waals surface area contributed by atoms with Gasteiger partial charge in [0.25, 0.3) is 0 Å². The first-order valence-corrected chi connectivity index (χ1v) is 4.70. The van der Waals surface area contributed by atoms with Crippen LogP contribution in [0.4, 0.5) is 0 Å². The van der Waals surface area contributed by atoms with E-state index in [0.717, 1.165) is 19.3 Å². The molecule has 0 amide bonds. The summed E-state index contributed by atoms with van der Waals surface area (Å²) in [5, 5.41) is 10.4. The molecule has 0 radical (unpaired) electrons. The van der Waals surface area contributed by atoms with Gasteiger partial charge in [-0.2, -0.15) is 5.06 Å². The molecule has 1 rings (SSSR count). The molecule has 1 heterocycles. The molecule has 1 aliphatic heterocycles. The molecule has 0 aromatic carbocycles. The molecule has 12 heavy (non-hydrogen) atoms. The van der Waals surface area contributed by atoms with Crippen molar-refractivity contribution in [1.82, 2.24) is 5.06 Å². The first-order chi connectivity index (χ1) is 5.74. The van der Waals surface area contributed by atoms with E-state index in [-0.39, 0.29) is 5.92 Å². The maximum absolute atomic E-state index is 11.4. The Labute approximate surface area is 73.3 Å². The van der Waals surface area contributed by atoms with Crippen molar-refractivity contribution in [1.29, 1.82) is 0 Å². The summed E-state index contributed by atoms with van der Waals surface area (Å²) in [6.45, 7) is 3.33. The van der Waals surface area contributed by atoms with Crippen LogP contribution in [0.5, 0.6) is 0 Å². The van der Waals surface area contributed by atoms with E-state index in [4.69, 9.17) is 5.21 Å². The van der Waals surface area contributed by atoms with Crippen molar-refractivity contribution in [2.75, 3.05) is 13.1 Å². The summed E-state index contributed by atoms with van der Waals surface area (Å²) in [4.78, 5) is 11.4. The van der Waals surface area contributed by atoms with Crippen molar-refractivity contribution in [3.63, 3.8) is 0 Å². The number of piperidine rings is 1. The fourth-order valence-corrected chi connectivity index (χ4v) is 1.64. The van der Waals surface area contributed by atoms with Gasteiger partial charge < -0.3 is 5.21 Å². The first-order valence-electron chi connectivity index (χ1n) is 4.70. The minimum atomic E-state index is 0.216. The molecule has 0 saturated carbocycles. The zero-order valence-corrected chi connectivity index (χ0v) is 7.62. The van der Waals surface area contributed by atoms with Gasteiger partial charge in [-0.15, -0.1) is 0 Å². The highest BCUT2D eigenvalue weighted by Gasteiger charge is 2.22. The molecule has 0 bridgehead atoms. The van der Waals surface area contributed by atoms with E-state index < -0.39 is 0 Å². The molecule has 1 fully saturated rings. The molecule has 1 aliphatic rings. The van der Waals surface area contributed by atoms with Gasteiger partial charge in [-0.25, -0.2) is 0 Å². The molecule has 0 aliphatic carbocycles. The molecule has 1 N–H and O–H groups in total. The second kappa shape index (κ2) is 4.58. The van der Waals surface area contributed by atoms with E-state index in [1.165, 1.54) is 5.06 Å². The first kappa shape index (κ1) is 9.68. The lowest BCUT2D eigenvalue weighted by Gasteiger charge is -2.26. The zero-order chi connectivity index (χ0) is 8.97. The Balaban J connectivity index is 2.29. The van der Waals surface area contributed by atoms with E-state index in [9.17, 15) is 4.79 Å². The molecule has 0 atom stereocenters. The summed E-state index contributed by atoms with van der Waals surface area (Å²) in [6, 6.07) is 0. The molecule has 0 aromatic rings. The van der Waals surface area contributed by atoms with E-state index >= 15 is 0 Å². The summed E-state index contributed by atoms with van der Waals surface area (Å²) in [6.07, 6.45) is 3.30. The minimum Gasteiger partial charge on any atom is -0.314 e. The lowest BCUT2D eigenvalue weighted by Crippen LogP contribution is -2.33. The number of hydroxylamine groups is 2.